The van der Waals surface area contributed by atoms with E-state index in [9.17, 15) is 4.79 Å². The molecule has 0 fully saturated rings. The van der Waals surface area contributed by atoms with E-state index in [2.05, 4.69) is 6.07 Å². The zero-order valence-electron chi connectivity index (χ0n) is 9.73. The topological polar surface area (TPSA) is 40.9 Å². The Labute approximate surface area is 108 Å². The van der Waals surface area contributed by atoms with Crippen LogP contribution in [0, 0.1) is 18.3 Å². The second-order valence-corrected chi connectivity index (χ2v) is 5.34. The van der Waals surface area contributed by atoms with Crippen molar-refractivity contribution in [2.45, 2.75) is 6.92 Å². The van der Waals surface area contributed by atoms with Gasteiger partial charge in [0.25, 0.3) is 0 Å². The van der Waals surface area contributed by atoms with Gasteiger partial charge < -0.3 is 0 Å². The third kappa shape index (κ3) is 1.59. The summed E-state index contributed by atoms with van der Waals surface area (Å²) in [6, 6.07) is 13.2. The second-order valence-electron chi connectivity index (χ2n) is 4.25. The number of nitriles is 1. The lowest BCUT2D eigenvalue weighted by Crippen LogP contribution is -2.01. The van der Waals surface area contributed by atoms with Gasteiger partial charge in [-0.05, 0) is 37.3 Å². The minimum absolute atomic E-state index is 0.0481. The maximum Gasteiger partial charge on any atom is 0.195 e. The number of nitrogens with zero attached hydrogens (tertiary/aromatic N) is 1. The van der Waals surface area contributed by atoms with Crippen molar-refractivity contribution in [3.05, 3.63) is 57.7 Å². The molecule has 0 aliphatic heterocycles. The molecule has 1 aromatic heterocycles. The predicted molar refractivity (Wildman–Crippen MR) is 75.1 cm³/mol. The van der Waals surface area contributed by atoms with Gasteiger partial charge in [0.05, 0.1) is 11.6 Å². The Balaban J connectivity index is 2.53. The van der Waals surface area contributed by atoms with Gasteiger partial charge in [0.2, 0.25) is 0 Å². The normalized spacial score (nSPS) is 10.7. The number of rotatable bonds is 0. The van der Waals surface area contributed by atoms with Gasteiger partial charge in [0.1, 0.15) is 0 Å². The highest BCUT2D eigenvalue weighted by Gasteiger charge is 2.06. The molecule has 0 bridgehead atoms. The van der Waals surface area contributed by atoms with Crippen molar-refractivity contribution in [2.75, 3.05) is 0 Å². The highest BCUT2D eigenvalue weighted by molar-refractivity contribution is 7.24. The van der Waals surface area contributed by atoms with Crippen molar-refractivity contribution in [3.63, 3.8) is 0 Å². The SMILES string of the molecule is Cc1ccc2sc3cc(C#N)ccc3c(=O)c2c1. The van der Waals surface area contributed by atoms with Crippen LogP contribution in [0.15, 0.2) is 41.2 Å². The highest BCUT2D eigenvalue weighted by Crippen LogP contribution is 2.25. The van der Waals surface area contributed by atoms with E-state index in [4.69, 9.17) is 5.26 Å². The molecule has 86 valence electrons. The Morgan fingerprint density at radius 1 is 1.06 bits per heavy atom. The fourth-order valence-corrected chi connectivity index (χ4v) is 3.13. The van der Waals surface area contributed by atoms with Gasteiger partial charge in [-0.15, -0.1) is 11.3 Å². The van der Waals surface area contributed by atoms with Gasteiger partial charge >= 0.3 is 0 Å². The summed E-state index contributed by atoms with van der Waals surface area (Å²) >= 11 is 1.55. The molecule has 0 spiro atoms. The van der Waals surface area contributed by atoms with E-state index >= 15 is 0 Å². The first-order valence-electron chi connectivity index (χ1n) is 5.56. The van der Waals surface area contributed by atoms with Crippen LogP contribution in [0.4, 0.5) is 0 Å². The van der Waals surface area contributed by atoms with Crippen molar-refractivity contribution < 1.29 is 0 Å². The van der Waals surface area contributed by atoms with E-state index in [1.165, 1.54) is 0 Å². The fraction of sp³-hybridized carbons (Fsp3) is 0.0667. The lowest BCUT2D eigenvalue weighted by molar-refractivity contribution is 1.50. The molecular formula is C15H9NOS. The average Bonchev–Trinajstić information content (AvgIpc) is 2.39. The Kier molecular flexibility index (Phi) is 2.39. The summed E-state index contributed by atoms with van der Waals surface area (Å²) in [5.74, 6) is 0. The van der Waals surface area contributed by atoms with Crippen LogP contribution in [-0.4, -0.2) is 0 Å². The number of aryl methyl sites for hydroxylation is 1. The van der Waals surface area contributed by atoms with E-state index in [1.807, 2.05) is 25.1 Å². The first-order chi connectivity index (χ1) is 8.69. The third-order valence-corrected chi connectivity index (χ3v) is 4.09. The summed E-state index contributed by atoms with van der Waals surface area (Å²) in [6.45, 7) is 1.98. The molecule has 2 aromatic carbocycles. The van der Waals surface area contributed by atoms with E-state index in [0.29, 0.717) is 10.9 Å². The van der Waals surface area contributed by atoms with E-state index in [-0.39, 0.29) is 5.43 Å². The van der Waals surface area contributed by atoms with Crippen LogP contribution in [0.2, 0.25) is 0 Å². The van der Waals surface area contributed by atoms with Gasteiger partial charge in [-0.25, -0.2) is 0 Å². The van der Waals surface area contributed by atoms with Gasteiger partial charge in [0.15, 0.2) is 5.43 Å². The molecule has 3 aromatic rings. The monoisotopic (exact) mass is 251 g/mol. The van der Waals surface area contributed by atoms with E-state index in [1.54, 1.807) is 29.5 Å². The maximum atomic E-state index is 12.4. The number of benzene rings is 2. The summed E-state index contributed by atoms with van der Waals surface area (Å²) in [6.07, 6.45) is 0. The number of hydrogen-bond acceptors (Lipinski definition) is 3. The smallest absolute Gasteiger partial charge is 0.195 e. The molecule has 18 heavy (non-hydrogen) atoms. The average molecular weight is 251 g/mol. The standard InChI is InChI=1S/C15H9NOS/c1-9-2-5-13-12(6-9)15(17)11-4-3-10(8-16)7-14(11)18-13/h2-7H,1H3. The van der Waals surface area contributed by atoms with Crippen molar-refractivity contribution in [3.8, 4) is 6.07 Å². The summed E-state index contributed by atoms with van der Waals surface area (Å²) in [5.41, 5.74) is 1.72. The predicted octanol–water partition coefficient (Wildman–Crippen LogP) is 3.59. The zero-order valence-corrected chi connectivity index (χ0v) is 10.5. The quantitative estimate of drug-likeness (QED) is 0.573. The minimum Gasteiger partial charge on any atom is -0.289 e. The Morgan fingerprint density at radius 2 is 1.89 bits per heavy atom. The summed E-state index contributed by atoms with van der Waals surface area (Å²) in [4.78, 5) is 12.4. The van der Waals surface area contributed by atoms with Gasteiger partial charge in [-0.3, -0.25) is 4.79 Å². The molecular weight excluding hydrogens is 242 g/mol. The van der Waals surface area contributed by atoms with Gasteiger partial charge in [-0.2, -0.15) is 5.26 Å². The first kappa shape index (κ1) is 10.9. The van der Waals surface area contributed by atoms with Crippen LogP contribution in [0.5, 0.6) is 0 Å². The maximum absolute atomic E-state index is 12.4. The molecule has 0 atom stereocenters. The third-order valence-electron chi connectivity index (χ3n) is 2.95. The first-order valence-corrected chi connectivity index (χ1v) is 6.38. The fourth-order valence-electron chi connectivity index (χ4n) is 2.04. The van der Waals surface area contributed by atoms with Gasteiger partial charge in [-0.1, -0.05) is 11.6 Å². The Hall–Kier alpha value is -2.18. The lowest BCUT2D eigenvalue weighted by atomic mass is 10.1. The molecule has 0 aliphatic rings. The molecule has 3 heteroatoms. The van der Waals surface area contributed by atoms with Crippen LogP contribution in [0.1, 0.15) is 11.1 Å². The molecule has 0 N–H and O–H groups in total. The number of hydrogen-bond donors (Lipinski definition) is 0. The van der Waals surface area contributed by atoms with E-state index < -0.39 is 0 Å². The van der Waals surface area contributed by atoms with Crippen LogP contribution < -0.4 is 5.43 Å². The molecule has 3 rings (SSSR count). The summed E-state index contributed by atoms with van der Waals surface area (Å²) in [7, 11) is 0. The lowest BCUT2D eigenvalue weighted by Gasteiger charge is -2.02. The molecule has 0 saturated carbocycles. The van der Waals surface area contributed by atoms with Crippen molar-refractivity contribution >= 4 is 31.5 Å². The zero-order chi connectivity index (χ0) is 12.7. The van der Waals surface area contributed by atoms with Gasteiger partial charge in [0, 0.05) is 20.2 Å². The summed E-state index contributed by atoms with van der Waals surface area (Å²) in [5, 5.41) is 10.3. The van der Waals surface area contributed by atoms with Crippen LogP contribution in [0.3, 0.4) is 0 Å². The van der Waals surface area contributed by atoms with Crippen LogP contribution in [0.25, 0.3) is 20.2 Å². The highest BCUT2D eigenvalue weighted by atomic mass is 32.1. The van der Waals surface area contributed by atoms with Crippen molar-refractivity contribution in [1.82, 2.24) is 0 Å². The van der Waals surface area contributed by atoms with E-state index in [0.717, 1.165) is 20.3 Å². The largest absolute Gasteiger partial charge is 0.289 e. The minimum atomic E-state index is 0.0481. The molecule has 2 nitrogen and oxygen atoms in total. The molecule has 0 saturated heterocycles. The Bertz CT molecular complexity index is 871. The molecule has 0 radical (unpaired) electrons. The van der Waals surface area contributed by atoms with Crippen LogP contribution in [-0.2, 0) is 0 Å². The molecule has 1 heterocycles. The number of fused-ring (bicyclic) bond motifs is 2. The molecule has 0 aliphatic carbocycles. The van der Waals surface area contributed by atoms with Crippen LogP contribution >= 0.6 is 11.3 Å². The summed E-state index contributed by atoms with van der Waals surface area (Å²) < 4.78 is 1.84. The van der Waals surface area contributed by atoms with Crippen molar-refractivity contribution in [1.29, 1.82) is 5.26 Å². The molecule has 0 amide bonds. The second kappa shape index (κ2) is 3.94. The Morgan fingerprint density at radius 3 is 2.67 bits per heavy atom. The van der Waals surface area contributed by atoms with Crippen molar-refractivity contribution in [2.24, 2.45) is 0 Å². The molecule has 0 unspecified atom stereocenters.